The van der Waals surface area contributed by atoms with Crippen molar-refractivity contribution in [3.8, 4) is 0 Å². The van der Waals surface area contributed by atoms with Gasteiger partial charge in [-0.15, -0.1) is 0 Å². The van der Waals surface area contributed by atoms with Crippen LogP contribution in [0.5, 0.6) is 0 Å². The molecule has 1 fully saturated rings. The Morgan fingerprint density at radius 3 is 2.76 bits per heavy atom. The van der Waals surface area contributed by atoms with Crippen LogP contribution in [0.2, 0.25) is 0 Å². The van der Waals surface area contributed by atoms with Crippen LogP contribution in [0.25, 0.3) is 6.08 Å². The van der Waals surface area contributed by atoms with Gasteiger partial charge >= 0.3 is 0 Å². The number of carbonyl (C=O) groups is 1. The van der Waals surface area contributed by atoms with Crippen LogP contribution in [0.4, 0.5) is 11.6 Å². The summed E-state index contributed by atoms with van der Waals surface area (Å²) in [5.74, 6) is 1.88. The lowest BCUT2D eigenvalue weighted by atomic mass is 10.1. The van der Waals surface area contributed by atoms with E-state index in [-0.39, 0.29) is 5.91 Å². The molecule has 1 saturated heterocycles. The number of fused-ring (bicyclic) bond motifs is 1. The standard InChI is InChI=1S/C23H29N5O/c1-18-6-5-8-21(24-18)28-16-14-27(15-17-28)13-4-2-3-7-20-11-9-19-10-12-22(29)26-23(19)25-20/h3,5-9,11H,2,4,10,12-17H2,1H3,(H,25,26,29). The fourth-order valence-corrected chi connectivity index (χ4v) is 3.89. The predicted octanol–water partition coefficient (Wildman–Crippen LogP) is 3.29. The molecule has 0 radical (unpaired) electrons. The Labute approximate surface area is 172 Å². The summed E-state index contributed by atoms with van der Waals surface area (Å²) in [5, 5.41) is 2.86. The van der Waals surface area contributed by atoms with Crippen LogP contribution >= 0.6 is 0 Å². The van der Waals surface area contributed by atoms with E-state index in [0.29, 0.717) is 6.42 Å². The topological polar surface area (TPSA) is 61.4 Å². The lowest BCUT2D eigenvalue weighted by molar-refractivity contribution is -0.116. The van der Waals surface area contributed by atoms with Gasteiger partial charge in [0.15, 0.2) is 0 Å². The molecule has 0 spiro atoms. The quantitative estimate of drug-likeness (QED) is 0.766. The fraction of sp³-hybridized carbons (Fsp3) is 0.435. The molecule has 0 saturated carbocycles. The number of anilines is 2. The number of amides is 1. The van der Waals surface area contributed by atoms with Crippen molar-refractivity contribution in [3.63, 3.8) is 0 Å². The Kier molecular flexibility index (Phi) is 6.20. The van der Waals surface area contributed by atoms with Crippen LogP contribution < -0.4 is 10.2 Å². The second-order valence-electron chi connectivity index (χ2n) is 7.80. The number of hydrogen-bond donors (Lipinski definition) is 1. The van der Waals surface area contributed by atoms with Gasteiger partial charge in [0.05, 0.1) is 5.69 Å². The smallest absolute Gasteiger partial charge is 0.225 e. The zero-order chi connectivity index (χ0) is 20.1. The van der Waals surface area contributed by atoms with E-state index in [1.165, 1.54) is 0 Å². The number of aryl methyl sites for hydroxylation is 2. The number of nitrogens with zero attached hydrogens (tertiary/aromatic N) is 4. The number of allylic oxidation sites excluding steroid dienone is 1. The van der Waals surface area contributed by atoms with Crippen LogP contribution in [0.15, 0.2) is 36.4 Å². The first-order chi connectivity index (χ1) is 14.2. The van der Waals surface area contributed by atoms with Gasteiger partial charge < -0.3 is 10.2 Å². The first-order valence-electron chi connectivity index (χ1n) is 10.5. The zero-order valence-electron chi connectivity index (χ0n) is 17.1. The predicted molar refractivity (Wildman–Crippen MR) is 117 cm³/mol. The number of piperazine rings is 1. The third kappa shape index (κ3) is 5.21. The average molecular weight is 392 g/mol. The summed E-state index contributed by atoms with van der Waals surface area (Å²) in [6.07, 6.45) is 7.76. The normalized spacial score (nSPS) is 17.4. The van der Waals surface area contributed by atoms with Gasteiger partial charge in [-0.3, -0.25) is 9.69 Å². The molecule has 1 N–H and O–H groups in total. The summed E-state index contributed by atoms with van der Waals surface area (Å²) >= 11 is 0. The minimum absolute atomic E-state index is 0.0596. The highest BCUT2D eigenvalue weighted by atomic mass is 16.1. The van der Waals surface area contributed by atoms with Crippen molar-refractivity contribution in [2.24, 2.45) is 0 Å². The van der Waals surface area contributed by atoms with E-state index in [9.17, 15) is 4.79 Å². The Morgan fingerprint density at radius 2 is 1.93 bits per heavy atom. The highest BCUT2D eigenvalue weighted by molar-refractivity contribution is 5.92. The van der Waals surface area contributed by atoms with Crippen LogP contribution in [0, 0.1) is 6.92 Å². The average Bonchev–Trinajstić information content (AvgIpc) is 2.73. The zero-order valence-corrected chi connectivity index (χ0v) is 17.1. The fourth-order valence-electron chi connectivity index (χ4n) is 3.89. The second-order valence-corrected chi connectivity index (χ2v) is 7.80. The molecule has 2 aliphatic heterocycles. The van der Waals surface area contributed by atoms with Crippen molar-refractivity contribution in [3.05, 3.63) is 53.4 Å². The molecule has 0 aromatic carbocycles. The summed E-state index contributed by atoms with van der Waals surface area (Å²) in [4.78, 5) is 25.6. The second kappa shape index (κ2) is 9.18. The Hall–Kier alpha value is -2.73. The van der Waals surface area contributed by atoms with E-state index in [2.05, 4.69) is 55.4 Å². The number of pyridine rings is 2. The molecule has 0 unspecified atom stereocenters. The molecule has 1 amide bonds. The number of carbonyl (C=O) groups excluding carboxylic acids is 1. The first-order valence-corrected chi connectivity index (χ1v) is 10.5. The molecule has 0 bridgehead atoms. The molecule has 2 aromatic rings. The molecule has 152 valence electrons. The maximum Gasteiger partial charge on any atom is 0.225 e. The van der Waals surface area contributed by atoms with Gasteiger partial charge in [-0.2, -0.15) is 0 Å². The molecular formula is C23H29N5O. The van der Waals surface area contributed by atoms with Crippen molar-refractivity contribution >= 4 is 23.6 Å². The van der Waals surface area contributed by atoms with Crippen LogP contribution in [-0.2, 0) is 11.2 Å². The minimum atomic E-state index is 0.0596. The first kappa shape index (κ1) is 19.6. The summed E-state index contributed by atoms with van der Waals surface area (Å²) in [5.41, 5.74) is 3.11. The lowest BCUT2D eigenvalue weighted by Gasteiger charge is -2.35. The molecule has 6 heteroatoms. The summed E-state index contributed by atoms with van der Waals surface area (Å²) < 4.78 is 0. The maximum atomic E-state index is 11.5. The molecule has 0 atom stereocenters. The van der Waals surface area contributed by atoms with Gasteiger partial charge in [0.25, 0.3) is 0 Å². The number of rotatable bonds is 6. The van der Waals surface area contributed by atoms with E-state index in [4.69, 9.17) is 0 Å². The van der Waals surface area contributed by atoms with E-state index in [1.54, 1.807) is 0 Å². The van der Waals surface area contributed by atoms with Crippen molar-refractivity contribution in [2.75, 3.05) is 42.9 Å². The van der Waals surface area contributed by atoms with Crippen LogP contribution in [-0.4, -0.2) is 53.5 Å². The van der Waals surface area contributed by atoms with Gasteiger partial charge in [-0.05, 0) is 62.6 Å². The summed E-state index contributed by atoms with van der Waals surface area (Å²) in [6, 6.07) is 10.3. The highest BCUT2D eigenvalue weighted by Gasteiger charge is 2.17. The van der Waals surface area contributed by atoms with Gasteiger partial charge in [0.2, 0.25) is 5.91 Å². The molecule has 4 heterocycles. The van der Waals surface area contributed by atoms with Gasteiger partial charge in [0.1, 0.15) is 11.6 Å². The number of hydrogen-bond acceptors (Lipinski definition) is 5. The van der Waals surface area contributed by atoms with Crippen LogP contribution in [0.3, 0.4) is 0 Å². The van der Waals surface area contributed by atoms with Gasteiger partial charge in [0, 0.05) is 38.3 Å². The van der Waals surface area contributed by atoms with Crippen molar-refractivity contribution < 1.29 is 4.79 Å². The van der Waals surface area contributed by atoms with Crippen molar-refractivity contribution in [2.45, 2.75) is 32.6 Å². The lowest BCUT2D eigenvalue weighted by Crippen LogP contribution is -2.46. The van der Waals surface area contributed by atoms with Crippen LogP contribution in [0.1, 0.15) is 36.2 Å². The Balaban J connectivity index is 1.19. The molecule has 0 aliphatic carbocycles. The largest absolute Gasteiger partial charge is 0.354 e. The summed E-state index contributed by atoms with van der Waals surface area (Å²) in [6.45, 7) is 7.42. The van der Waals surface area contributed by atoms with Gasteiger partial charge in [-0.1, -0.05) is 18.2 Å². The molecular weight excluding hydrogens is 362 g/mol. The van der Waals surface area contributed by atoms with Crippen molar-refractivity contribution in [1.82, 2.24) is 14.9 Å². The highest BCUT2D eigenvalue weighted by Crippen LogP contribution is 2.21. The van der Waals surface area contributed by atoms with E-state index < -0.39 is 0 Å². The van der Waals surface area contributed by atoms with E-state index in [0.717, 1.165) is 80.6 Å². The Morgan fingerprint density at radius 1 is 1.07 bits per heavy atom. The molecule has 6 nitrogen and oxygen atoms in total. The van der Waals surface area contributed by atoms with Gasteiger partial charge in [-0.25, -0.2) is 9.97 Å². The van der Waals surface area contributed by atoms with Crippen molar-refractivity contribution in [1.29, 1.82) is 0 Å². The third-order valence-electron chi connectivity index (χ3n) is 5.58. The molecule has 29 heavy (non-hydrogen) atoms. The minimum Gasteiger partial charge on any atom is -0.354 e. The Bertz CT molecular complexity index is 887. The monoisotopic (exact) mass is 391 g/mol. The molecule has 4 rings (SSSR count). The third-order valence-corrected chi connectivity index (χ3v) is 5.58. The maximum absolute atomic E-state index is 11.5. The number of aromatic nitrogens is 2. The number of unbranched alkanes of at least 4 members (excludes halogenated alkanes) is 1. The molecule has 2 aliphatic rings. The molecule has 2 aromatic heterocycles. The SMILES string of the molecule is Cc1cccc(N2CCN(CCCC=Cc3ccc4c(n3)NC(=O)CC4)CC2)n1. The number of nitrogens with one attached hydrogen (secondary N) is 1. The van der Waals surface area contributed by atoms with E-state index in [1.807, 2.05) is 19.1 Å². The van der Waals surface area contributed by atoms with E-state index >= 15 is 0 Å². The summed E-state index contributed by atoms with van der Waals surface area (Å²) in [7, 11) is 0.